The van der Waals surface area contributed by atoms with Crippen molar-refractivity contribution in [3.63, 3.8) is 0 Å². The van der Waals surface area contributed by atoms with Crippen LogP contribution in [0.5, 0.6) is 0 Å². The highest BCUT2D eigenvalue weighted by molar-refractivity contribution is 6.30. The van der Waals surface area contributed by atoms with Gasteiger partial charge in [-0.2, -0.15) is 13.2 Å². The Bertz CT molecular complexity index is 378. The normalized spacial score (nSPS) is 21.2. The summed E-state index contributed by atoms with van der Waals surface area (Å²) in [5, 5.41) is 0.147. The zero-order valence-electron chi connectivity index (χ0n) is 7.68. The third-order valence-electron chi connectivity index (χ3n) is 2.63. The summed E-state index contributed by atoms with van der Waals surface area (Å²) in [6, 6.07) is 0. The molecule has 2 rings (SSSR count). The molecule has 15 heavy (non-hydrogen) atoms. The molecule has 0 aliphatic heterocycles. The van der Waals surface area contributed by atoms with Gasteiger partial charge in [0.1, 0.15) is 11.5 Å². The second-order valence-corrected chi connectivity index (χ2v) is 3.93. The van der Waals surface area contributed by atoms with E-state index >= 15 is 0 Å². The van der Waals surface area contributed by atoms with Crippen LogP contribution in [0.4, 0.5) is 13.2 Å². The van der Waals surface area contributed by atoms with Gasteiger partial charge in [-0.1, -0.05) is 11.6 Å². The number of halogens is 4. The average Bonchev–Trinajstić information content (AvgIpc) is 2.16. The average molecular weight is 237 g/mol. The third-order valence-corrected chi connectivity index (χ3v) is 2.95. The van der Waals surface area contributed by atoms with E-state index in [4.69, 9.17) is 11.6 Å². The Morgan fingerprint density at radius 3 is 2.73 bits per heavy atom. The first-order valence-electron chi connectivity index (χ1n) is 4.53. The highest BCUT2D eigenvalue weighted by Gasteiger charge is 2.41. The molecule has 1 aliphatic rings. The molecular formula is C9H8ClF3N2. The summed E-state index contributed by atoms with van der Waals surface area (Å²) in [6.07, 6.45) is -2.56. The molecule has 0 saturated heterocycles. The molecule has 0 bridgehead atoms. The van der Waals surface area contributed by atoms with Crippen LogP contribution in [0.1, 0.15) is 17.7 Å². The van der Waals surface area contributed by atoms with Crippen LogP contribution in [0.25, 0.3) is 0 Å². The number of nitrogens with zero attached hydrogens (tertiary/aromatic N) is 2. The van der Waals surface area contributed by atoms with Crippen LogP contribution in [-0.2, 0) is 12.8 Å². The Balaban J connectivity index is 2.30. The Morgan fingerprint density at radius 1 is 1.33 bits per heavy atom. The topological polar surface area (TPSA) is 25.8 Å². The number of aryl methyl sites for hydroxylation is 1. The molecule has 2 nitrogen and oxygen atoms in total. The van der Waals surface area contributed by atoms with E-state index in [0.717, 1.165) is 0 Å². The second-order valence-electron chi connectivity index (χ2n) is 3.57. The first-order valence-corrected chi connectivity index (χ1v) is 4.91. The number of fused-ring (bicyclic) bond motifs is 1. The van der Waals surface area contributed by atoms with Gasteiger partial charge >= 0.3 is 6.18 Å². The molecule has 1 aliphatic carbocycles. The first-order chi connectivity index (χ1) is 6.98. The SMILES string of the molecule is FC(F)(F)C1CCc2ncnc(Cl)c2C1. The minimum absolute atomic E-state index is 0.0871. The van der Waals surface area contributed by atoms with Crippen LogP contribution >= 0.6 is 11.6 Å². The number of rotatable bonds is 0. The molecule has 82 valence electrons. The largest absolute Gasteiger partial charge is 0.392 e. The van der Waals surface area contributed by atoms with Crippen molar-refractivity contribution in [2.45, 2.75) is 25.4 Å². The van der Waals surface area contributed by atoms with Gasteiger partial charge in [0.05, 0.1) is 5.92 Å². The van der Waals surface area contributed by atoms with Crippen LogP contribution < -0.4 is 0 Å². The summed E-state index contributed by atoms with van der Waals surface area (Å²) in [6.45, 7) is 0. The van der Waals surface area contributed by atoms with Gasteiger partial charge in [-0.3, -0.25) is 0 Å². The third kappa shape index (κ3) is 2.07. The fourth-order valence-electron chi connectivity index (χ4n) is 1.78. The second kappa shape index (κ2) is 3.63. The molecule has 0 radical (unpaired) electrons. The summed E-state index contributed by atoms with van der Waals surface area (Å²) in [5.74, 6) is -1.31. The van der Waals surface area contributed by atoms with Crippen LogP contribution in [0.2, 0.25) is 5.15 Å². The summed E-state index contributed by atoms with van der Waals surface area (Å²) in [5.41, 5.74) is 1.10. The van der Waals surface area contributed by atoms with Gasteiger partial charge in [-0.25, -0.2) is 9.97 Å². The molecule has 0 amide bonds. The zero-order chi connectivity index (χ0) is 11.1. The highest BCUT2D eigenvalue weighted by Crippen LogP contribution is 2.37. The molecule has 0 saturated carbocycles. The molecule has 0 spiro atoms. The van der Waals surface area contributed by atoms with E-state index in [1.807, 2.05) is 0 Å². The highest BCUT2D eigenvalue weighted by atomic mass is 35.5. The lowest BCUT2D eigenvalue weighted by molar-refractivity contribution is -0.177. The molecule has 1 heterocycles. The van der Waals surface area contributed by atoms with Gasteiger partial charge in [0, 0.05) is 11.3 Å². The van der Waals surface area contributed by atoms with Crippen molar-refractivity contribution in [3.05, 3.63) is 22.7 Å². The first kappa shape index (κ1) is 10.7. The lowest BCUT2D eigenvalue weighted by Crippen LogP contribution is -2.29. The van der Waals surface area contributed by atoms with Crippen molar-refractivity contribution in [1.82, 2.24) is 9.97 Å². The molecule has 0 aromatic carbocycles. The quantitative estimate of drug-likeness (QED) is 0.648. The molecule has 1 unspecified atom stereocenters. The van der Waals surface area contributed by atoms with Crippen molar-refractivity contribution in [1.29, 1.82) is 0 Å². The van der Waals surface area contributed by atoms with Crippen LogP contribution in [0.15, 0.2) is 6.33 Å². The Labute approximate surface area is 89.5 Å². The van der Waals surface area contributed by atoms with Crippen molar-refractivity contribution in [2.24, 2.45) is 5.92 Å². The summed E-state index contributed by atoms with van der Waals surface area (Å²) >= 11 is 5.74. The summed E-state index contributed by atoms with van der Waals surface area (Å²) < 4.78 is 37.4. The van der Waals surface area contributed by atoms with Crippen molar-refractivity contribution in [3.8, 4) is 0 Å². The number of hydrogen-bond acceptors (Lipinski definition) is 2. The van der Waals surface area contributed by atoms with E-state index in [1.165, 1.54) is 6.33 Å². The Kier molecular flexibility index (Phi) is 2.58. The van der Waals surface area contributed by atoms with E-state index in [9.17, 15) is 13.2 Å². The number of alkyl halides is 3. The monoisotopic (exact) mass is 236 g/mol. The fraction of sp³-hybridized carbons (Fsp3) is 0.556. The maximum atomic E-state index is 12.5. The fourth-order valence-corrected chi connectivity index (χ4v) is 2.01. The van der Waals surface area contributed by atoms with E-state index in [1.54, 1.807) is 0 Å². The van der Waals surface area contributed by atoms with Gasteiger partial charge in [0.25, 0.3) is 0 Å². The lowest BCUT2D eigenvalue weighted by Gasteiger charge is -2.25. The maximum Gasteiger partial charge on any atom is 0.392 e. The maximum absolute atomic E-state index is 12.5. The standard InChI is InChI=1S/C9H8ClF3N2/c10-8-6-3-5(9(11,12)13)1-2-7(6)14-4-15-8/h4-5H,1-3H2. The molecule has 1 aromatic rings. The predicted molar refractivity (Wildman–Crippen MR) is 48.6 cm³/mol. The molecule has 0 fully saturated rings. The van der Waals surface area contributed by atoms with Crippen molar-refractivity contribution < 1.29 is 13.2 Å². The van der Waals surface area contributed by atoms with Gasteiger partial charge in [-0.05, 0) is 19.3 Å². The smallest absolute Gasteiger partial charge is 0.241 e. The number of hydrogen-bond donors (Lipinski definition) is 0. The van der Waals surface area contributed by atoms with Gasteiger partial charge in [-0.15, -0.1) is 0 Å². The van der Waals surface area contributed by atoms with Crippen LogP contribution in [0, 0.1) is 5.92 Å². The lowest BCUT2D eigenvalue weighted by atomic mass is 9.87. The van der Waals surface area contributed by atoms with Crippen molar-refractivity contribution >= 4 is 11.6 Å². The number of aromatic nitrogens is 2. The predicted octanol–water partition coefficient (Wildman–Crippen LogP) is 2.80. The van der Waals surface area contributed by atoms with Gasteiger partial charge < -0.3 is 0 Å². The Hall–Kier alpha value is -0.840. The van der Waals surface area contributed by atoms with Gasteiger partial charge in [0.2, 0.25) is 0 Å². The minimum Gasteiger partial charge on any atom is -0.241 e. The summed E-state index contributed by atoms with van der Waals surface area (Å²) in [7, 11) is 0. The van der Waals surface area contributed by atoms with Crippen LogP contribution in [0.3, 0.4) is 0 Å². The van der Waals surface area contributed by atoms with Crippen molar-refractivity contribution in [2.75, 3.05) is 0 Å². The van der Waals surface area contributed by atoms with E-state index in [2.05, 4.69) is 9.97 Å². The molecule has 1 atom stereocenters. The molecule has 1 aromatic heterocycles. The van der Waals surface area contributed by atoms with Gasteiger partial charge in [0.15, 0.2) is 0 Å². The molecule has 0 N–H and O–H groups in total. The van der Waals surface area contributed by atoms with E-state index < -0.39 is 12.1 Å². The zero-order valence-corrected chi connectivity index (χ0v) is 8.44. The summed E-state index contributed by atoms with van der Waals surface area (Å²) in [4.78, 5) is 7.63. The molecule has 6 heteroatoms. The van der Waals surface area contributed by atoms with E-state index in [0.29, 0.717) is 17.7 Å². The van der Waals surface area contributed by atoms with Crippen LogP contribution in [-0.4, -0.2) is 16.1 Å². The minimum atomic E-state index is -4.16. The Morgan fingerprint density at radius 2 is 2.07 bits per heavy atom. The van der Waals surface area contributed by atoms with E-state index in [-0.39, 0.29) is 18.0 Å². The molecular weight excluding hydrogens is 229 g/mol.